The van der Waals surface area contributed by atoms with Crippen molar-refractivity contribution >= 4 is 11.8 Å². The highest BCUT2D eigenvalue weighted by atomic mass is 16.6. The highest BCUT2D eigenvalue weighted by Gasteiger charge is 2.30. The van der Waals surface area contributed by atoms with Gasteiger partial charge in [-0.05, 0) is 42.7 Å². The monoisotopic (exact) mass is 267 g/mol. The summed E-state index contributed by atoms with van der Waals surface area (Å²) in [6.07, 6.45) is -0.260. The van der Waals surface area contributed by atoms with Gasteiger partial charge in [-0.2, -0.15) is 0 Å². The van der Waals surface area contributed by atoms with E-state index in [0.717, 1.165) is 11.3 Å². The molecule has 1 amide bonds. The van der Waals surface area contributed by atoms with Crippen molar-refractivity contribution in [2.75, 3.05) is 11.5 Å². The molecule has 1 aliphatic rings. The summed E-state index contributed by atoms with van der Waals surface area (Å²) in [5.41, 5.74) is 4.43. The van der Waals surface area contributed by atoms with Crippen molar-refractivity contribution in [3.63, 3.8) is 0 Å². The van der Waals surface area contributed by atoms with Crippen molar-refractivity contribution in [3.8, 4) is 11.1 Å². The molecule has 0 N–H and O–H groups in total. The highest BCUT2D eigenvalue weighted by Crippen LogP contribution is 2.29. The lowest BCUT2D eigenvalue weighted by Gasteiger charge is -2.19. The molecule has 2 aromatic carbocycles. The number of carbonyl (C=O) groups excluding carboxylic acids is 1. The van der Waals surface area contributed by atoms with Crippen LogP contribution < -0.4 is 4.90 Å². The van der Waals surface area contributed by atoms with E-state index in [1.807, 2.05) is 37.3 Å². The van der Waals surface area contributed by atoms with Crippen molar-refractivity contribution in [2.24, 2.45) is 0 Å². The van der Waals surface area contributed by atoms with Crippen molar-refractivity contribution in [1.82, 2.24) is 0 Å². The normalized spacial score (nSPS) is 18.2. The number of hydrogen-bond donors (Lipinski definition) is 0. The number of ether oxygens (including phenoxy) is 1. The number of rotatable bonds is 2. The third-order valence-corrected chi connectivity index (χ3v) is 3.66. The average molecular weight is 267 g/mol. The Morgan fingerprint density at radius 1 is 1.15 bits per heavy atom. The smallest absolute Gasteiger partial charge is 0.414 e. The zero-order valence-corrected chi connectivity index (χ0v) is 11.7. The molecule has 0 aliphatic carbocycles. The second kappa shape index (κ2) is 5.00. The third-order valence-electron chi connectivity index (χ3n) is 3.66. The number of hydrogen-bond acceptors (Lipinski definition) is 2. The fraction of sp³-hybridized carbons (Fsp3) is 0.235. The highest BCUT2D eigenvalue weighted by molar-refractivity contribution is 5.90. The Balaban J connectivity index is 1.98. The number of benzene rings is 2. The van der Waals surface area contributed by atoms with Gasteiger partial charge in [0.2, 0.25) is 0 Å². The Labute approximate surface area is 118 Å². The van der Waals surface area contributed by atoms with Gasteiger partial charge in [-0.3, -0.25) is 4.90 Å². The van der Waals surface area contributed by atoms with Crippen LogP contribution in [0.3, 0.4) is 0 Å². The van der Waals surface area contributed by atoms with Gasteiger partial charge in [0, 0.05) is 5.69 Å². The van der Waals surface area contributed by atoms with E-state index in [1.54, 1.807) is 4.90 Å². The maximum absolute atomic E-state index is 11.8. The Morgan fingerprint density at radius 3 is 2.50 bits per heavy atom. The van der Waals surface area contributed by atoms with E-state index in [1.165, 1.54) is 11.1 Å². The lowest BCUT2D eigenvalue weighted by Crippen LogP contribution is -2.30. The second-order valence-electron chi connectivity index (χ2n) is 5.16. The first-order valence-corrected chi connectivity index (χ1v) is 6.79. The first kappa shape index (κ1) is 12.7. The molecule has 20 heavy (non-hydrogen) atoms. The average Bonchev–Trinajstić information content (AvgIpc) is 2.79. The standard InChI is InChI=1S/C17H17NO2/c1-12-10-15(18-13(2)11-20-17(18)19)8-9-16(12)14-6-4-3-5-7-14/h3-10,13H,11H2,1-2H3. The fourth-order valence-corrected chi connectivity index (χ4v) is 2.62. The molecule has 1 atom stereocenters. The van der Waals surface area contributed by atoms with Gasteiger partial charge in [0.05, 0.1) is 6.04 Å². The van der Waals surface area contributed by atoms with Gasteiger partial charge in [0.1, 0.15) is 6.61 Å². The molecular weight excluding hydrogens is 250 g/mol. The summed E-state index contributed by atoms with van der Waals surface area (Å²) in [6, 6.07) is 16.4. The van der Waals surface area contributed by atoms with Crippen molar-refractivity contribution in [2.45, 2.75) is 19.9 Å². The topological polar surface area (TPSA) is 29.5 Å². The quantitative estimate of drug-likeness (QED) is 0.822. The van der Waals surface area contributed by atoms with Crippen LogP contribution in [-0.4, -0.2) is 18.7 Å². The van der Waals surface area contributed by atoms with Crippen molar-refractivity contribution < 1.29 is 9.53 Å². The minimum atomic E-state index is -0.260. The van der Waals surface area contributed by atoms with E-state index >= 15 is 0 Å². The predicted molar refractivity (Wildman–Crippen MR) is 79.9 cm³/mol. The van der Waals surface area contributed by atoms with Crippen LogP contribution in [0.1, 0.15) is 12.5 Å². The molecule has 1 unspecified atom stereocenters. The maximum atomic E-state index is 11.8. The molecule has 0 spiro atoms. The number of aryl methyl sites for hydroxylation is 1. The molecule has 3 nitrogen and oxygen atoms in total. The molecule has 0 saturated carbocycles. The summed E-state index contributed by atoms with van der Waals surface area (Å²) in [7, 11) is 0. The summed E-state index contributed by atoms with van der Waals surface area (Å²) >= 11 is 0. The molecule has 0 bridgehead atoms. The van der Waals surface area contributed by atoms with Gasteiger partial charge in [-0.25, -0.2) is 4.79 Å². The summed E-state index contributed by atoms with van der Waals surface area (Å²) < 4.78 is 5.07. The fourth-order valence-electron chi connectivity index (χ4n) is 2.62. The van der Waals surface area contributed by atoms with Crippen molar-refractivity contribution in [3.05, 3.63) is 54.1 Å². The van der Waals surface area contributed by atoms with Gasteiger partial charge in [-0.1, -0.05) is 36.4 Å². The predicted octanol–water partition coefficient (Wildman–Crippen LogP) is 4.01. The van der Waals surface area contributed by atoms with Crippen molar-refractivity contribution in [1.29, 1.82) is 0 Å². The number of cyclic esters (lactones) is 1. The van der Waals surface area contributed by atoms with Crippen LogP contribution in [0.25, 0.3) is 11.1 Å². The van der Waals surface area contributed by atoms with E-state index in [9.17, 15) is 4.79 Å². The Morgan fingerprint density at radius 2 is 1.90 bits per heavy atom. The van der Waals surface area contributed by atoms with Crippen LogP contribution in [-0.2, 0) is 4.74 Å². The summed E-state index contributed by atoms with van der Waals surface area (Å²) in [4.78, 5) is 13.5. The maximum Gasteiger partial charge on any atom is 0.414 e. The summed E-state index contributed by atoms with van der Waals surface area (Å²) in [6.45, 7) is 4.52. The molecule has 3 rings (SSSR count). The number of anilines is 1. The minimum Gasteiger partial charge on any atom is -0.447 e. The van der Waals surface area contributed by atoms with E-state index in [-0.39, 0.29) is 12.1 Å². The lowest BCUT2D eigenvalue weighted by atomic mass is 10.00. The van der Waals surface area contributed by atoms with Gasteiger partial charge in [0.15, 0.2) is 0 Å². The second-order valence-corrected chi connectivity index (χ2v) is 5.16. The molecule has 0 aromatic heterocycles. The minimum absolute atomic E-state index is 0.0875. The number of amides is 1. The first-order chi connectivity index (χ1) is 9.66. The SMILES string of the molecule is Cc1cc(N2C(=O)OCC2C)ccc1-c1ccccc1. The number of carbonyl (C=O) groups is 1. The molecule has 1 fully saturated rings. The van der Waals surface area contributed by atoms with Gasteiger partial charge in [-0.15, -0.1) is 0 Å². The van der Waals surface area contributed by atoms with Gasteiger partial charge in [0.25, 0.3) is 0 Å². The largest absolute Gasteiger partial charge is 0.447 e. The van der Waals surface area contributed by atoms with E-state index in [0.29, 0.717) is 6.61 Å². The molecule has 1 heterocycles. The lowest BCUT2D eigenvalue weighted by molar-refractivity contribution is 0.179. The first-order valence-electron chi connectivity index (χ1n) is 6.79. The molecular formula is C17H17NO2. The van der Waals surface area contributed by atoms with Crippen LogP contribution in [0, 0.1) is 6.92 Å². The van der Waals surface area contributed by atoms with Gasteiger partial charge >= 0.3 is 6.09 Å². The Bertz CT molecular complexity index is 637. The van der Waals surface area contributed by atoms with Crippen LogP contribution in [0.4, 0.5) is 10.5 Å². The van der Waals surface area contributed by atoms with E-state index in [2.05, 4.69) is 25.1 Å². The molecule has 1 aliphatic heterocycles. The zero-order chi connectivity index (χ0) is 14.1. The molecule has 2 aromatic rings. The van der Waals surface area contributed by atoms with E-state index in [4.69, 9.17) is 4.74 Å². The zero-order valence-electron chi connectivity index (χ0n) is 11.7. The summed E-state index contributed by atoms with van der Waals surface area (Å²) in [5.74, 6) is 0. The molecule has 0 radical (unpaired) electrons. The summed E-state index contributed by atoms with van der Waals surface area (Å²) in [5, 5.41) is 0. The Hall–Kier alpha value is -2.29. The van der Waals surface area contributed by atoms with Crippen LogP contribution in [0.2, 0.25) is 0 Å². The van der Waals surface area contributed by atoms with Crippen LogP contribution in [0.15, 0.2) is 48.5 Å². The molecule has 102 valence electrons. The molecule has 3 heteroatoms. The molecule has 1 saturated heterocycles. The van der Waals surface area contributed by atoms with Crippen LogP contribution in [0.5, 0.6) is 0 Å². The third kappa shape index (κ3) is 2.16. The van der Waals surface area contributed by atoms with Gasteiger partial charge < -0.3 is 4.74 Å². The Kier molecular flexibility index (Phi) is 3.18. The van der Waals surface area contributed by atoms with E-state index < -0.39 is 0 Å². The number of nitrogens with zero attached hydrogens (tertiary/aromatic N) is 1. The van der Waals surface area contributed by atoms with Crippen LogP contribution >= 0.6 is 0 Å².